The minimum atomic E-state index is -0.320. The van der Waals surface area contributed by atoms with Crippen molar-refractivity contribution in [3.05, 3.63) is 35.4 Å². The zero-order chi connectivity index (χ0) is 12.8. The second-order valence-electron chi connectivity index (χ2n) is 4.45. The number of nitrogens with zero attached hydrogens (tertiary/aromatic N) is 1. The van der Waals surface area contributed by atoms with E-state index >= 15 is 0 Å². The van der Waals surface area contributed by atoms with Gasteiger partial charge in [-0.05, 0) is 24.0 Å². The van der Waals surface area contributed by atoms with Crippen LogP contribution in [0.15, 0.2) is 24.3 Å². The average Bonchev–Trinajstić information content (AvgIpc) is 2.59. The number of carbonyl (C=O) groups is 1. The molecular weight excluding hydrogens is 230 g/mol. The predicted octanol–water partition coefficient (Wildman–Crippen LogP) is 0.399. The topological polar surface area (TPSA) is 67.6 Å². The lowest BCUT2D eigenvalue weighted by Crippen LogP contribution is -2.32. The molecule has 0 spiro atoms. The molecule has 0 saturated heterocycles. The lowest BCUT2D eigenvalue weighted by molar-refractivity contribution is -0.151. The molecule has 0 aliphatic carbocycles. The number of benzene rings is 1. The summed E-state index contributed by atoms with van der Waals surface area (Å²) in [5.41, 5.74) is 4.76. The smallest absolute Gasteiger partial charge is 0.327 e. The third-order valence-electron chi connectivity index (χ3n) is 3.32. The molecule has 0 aromatic heterocycles. The van der Waals surface area contributed by atoms with Crippen molar-refractivity contribution in [2.45, 2.75) is 19.3 Å². The SMILES string of the molecule is NNOC(=O)CCN1CCc2ccccc2CC1. The van der Waals surface area contributed by atoms with Gasteiger partial charge in [-0.25, -0.2) is 5.84 Å². The summed E-state index contributed by atoms with van der Waals surface area (Å²) < 4.78 is 0. The van der Waals surface area contributed by atoms with Gasteiger partial charge in [0.15, 0.2) is 0 Å². The minimum Gasteiger partial charge on any atom is -0.356 e. The number of fused-ring (bicyclic) bond motifs is 1. The van der Waals surface area contributed by atoms with Gasteiger partial charge in [-0.3, -0.25) is 4.79 Å². The van der Waals surface area contributed by atoms with Crippen molar-refractivity contribution in [2.75, 3.05) is 19.6 Å². The van der Waals surface area contributed by atoms with Crippen LogP contribution in [-0.4, -0.2) is 30.5 Å². The number of carbonyl (C=O) groups excluding carboxylic acids is 1. The van der Waals surface area contributed by atoms with Crippen LogP contribution >= 0.6 is 0 Å². The zero-order valence-electron chi connectivity index (χ0n) is 10.4. The van der Waals surface area contributed by atoms with Crippen molar-refractivity contribution in [3.8, 4) is 0 Å². The van der Waals surface area contributed by atoms with Gasteiger partial charge >= 0.3 is 5.97 Å². The van der Waals surface area contributed by atoms with Crippen LogP contribution in [0.5, 0.6) is 0 Å². The quantitative estimate of drug-likeness (QED) is 0.597. The Labute approximate surface area is 107 Å². The Hall–Kier alpha value is -1.43. The second kappa shape index (κ2) is 6.49. The highest BCUT2D eigenvalue weighted by Gasteiger charge is 2.14. The normalized spacial score (nSPS) is 15.8. The van der Waals surface area contributed by atoms with Crippen LogP contribution in [0.3, 0.4) is 0 Å². The lowest BCUT2D eigenvalue weighted by Gasteiger charge is -2.18. The molecule has 0 amide bonds. The van der Waals surface area contributed by atoms with Crippen LogP contribution in [0.25, 0.3) is 0 Å². The summed E-state index contributed by atoms with van der Waals surface area (Å²) in [7, 11) is 0. The molecular formula is C13H19N3O2. The molecule has 1 aliphatic rings. The van der Waals surface area contributed by atoms with E-state index in [0.717, 1.165) is 25.9 Å². The third kappa shape index (κ3) is 3.53. The highest BCUT2D eigenvalue weighted by atomic mass is 16.7. The van der Waals surface area contributed by atoms with Gasteiger partial charge in [0.05, 0.1) is 6.42 Å². The molecule has 1 aromatic carbocycles. The number of hydrogen-bond acceptors (Lipinski definition) is 5. The van der Waals surface area contributed by atoms with Gasteiger partial charge in [0.25, 0.3) is 0 Å². The Balaban J connectivity index is 1.83. The van der Waals surface area contributed by atoms with E-state index < -0.39 is 0 Å². The van der Waals surface area contributed by atoms with Gasteiger partial charge in [0.2, 0.25) is 0 Å². The summed E-state index contributed by atoms with van der Waals surface area (Å²) in [6.45, 7) is 2.69. The molecule has 1 aromatic rings. The first-order valence-corrected chi connectivity index (χ1v) is 6.24. The third-order valence-corrected chi connectivity index (χ3v) is 3.32. The second-order valence-corrected chi connectivity index (χ2v) is 4.45. The van der Waals surface area contributed by atoms with E-state index in [2.05, 4.69) is 34.0 Å². The van der Waals surface area contributed by atoms with E-state index in [4.69, 9.17) is 5.84 Å². The molecule has 2 rings (SSSR count). The molecule has 98 valence electrons. The van der Waals surface area contributed by atoms with Crippen molar-refractivity contribution in [1.29, 1.82) is 0 Å². The molecule has 18 heavy (non-hydrogen) atoms. The largest absolute Gasteiger partial charge is 0.356 e. The molecule has 0 atom stereocenters. The molecule has 0 unspecified atom stereocenters. The molecule has 0 radical (unpaired) electrons. The van der Waals surface area contributed by atoms with Crippen LogP contribution in [0.4, 0.5) is 0 Å². The van der Waals surface area contributed by atoms with E-state index in [1.807, 2.05) is 5.59 Å². The van der Waals surface area contributed by atoms with E-state index in [-0.39, 0.29) is 5.97 Å². The first-order chi connectivity index (χ1) is 8.79. The minimum absolute atomic E-state index is 0.320. The van der Waals surface area contributed by atoms with E-state index in [0.29, 0.717) is 13.0 Å². The molecule has 3 N–H and O–H groups in total. The molecule has 5 nitrogen and oxygen atoms in total. The highest BCUT2D eigenvalue weighted by molar-refractivity contribution is 5.69. The Bertz CT molecular complexity index is 382. The van der Waals surface area contributed by atoms with Crippen LogP contribution in [0, 0.1) is 0 Å². The number of hydrazine groups is 1. The van der Waals surface area contributed by atoms with Gasteiger partial charge in [-0.15, -0.1) is 0 Å². The van der Waals surface area contributed by atoms with Gasteiger partial charge in [-0.1, -0.05) is 29.9 Å². The maximum absolute atomic E-state index is 11.2. The highest BCUT2D eigenvalue weighted by Crippen LogP contribution is 2.15. The monoisotopic (exact) mass is 249 g/mol. The van der Waals surface area contributed by atoms with E-state index in [9.17, 15) is 4.79 Å². The lowest BCUT2D eigenvalue weighted by atomic mass is 10.0. The predicted molar refractivity (Wildman–Crippen MR) is 68.3 cm³/mol. The van der Waals surface area contributed by atoms with E-state index in [1.165, 1.54) is 11.1 Å². The van der Waals surface area contributed by atoms with Crippen molar-refractivity contribution in [3.63, 3.8) is 0 Å². The van der Waals surface area contributed by atoms with Gasteiger partial charge < -0.3 is 9.74 Å². The van der Waals surface area contributed by atoms with E-state index in [1.54, 1.807) is 0 Å². The fraction of sp³-hybridized carbons (Fsp3) is 0.462. The fourth-order valence-corrected chi connectivity index (χ4v) is 2.30. The standard InChI is InChI=1S/C13H19N3O2/c14-15-18-13(17)7-10-16-8-5-11-3-1-2-4-12(11)6-9-16/h1-4,15H,5-10,14H2. The van der Waals surface area contributed by atoms with Crippen molar-refractivity contribution in [2.24, 2.45) is 5.84 Å². The number of nitrogens with one attached hydrogen (secondary N) is 1. The van der Waals surface area contributed by atoms with Crippen LogP contribution in [-0.2, 0) is 22.5 Å². The van der Waals surface area contributed by atoms with Gasteiger partial charge in [0, 0.05) is 19.6 Å². The fourth-order valence-electron chi connectivity index (χ4n) is 2.30. The van der Waals surface area contributed by atoms with Crippen LogP contribution in [0.2, 0.25) is 0 Å². The van der Waals surface area contributed by atoms with Crippen molar-refractivity contribution >= 4 is 5.97 Å². The summed E-state index contributed by atoms with van der Waals surface area (Å²) in [6.07, 6.45) is 2.45. The molecule has 0 bridgehead atoms. The summed E-state index contributed by atoms with van der Waals surface area (Å²) in [4.78, 5) is 18.0. The van der Waals surface area contributed by atoms with Gasteiger partial charge in [-0.2, -0.15) is 0 Å². The Morgan fingerprint density at radius 3 is 2.44 bits per heavy atom. The molecule has 1 aliphatic heterocycles. The Morgan fingerprint density at radius 2 is 1.89 bits per heavy atom. The summed E-state index contributed by atoms with van der Waals surface area (Å²) in [5.74, 6) is 4.59. The number of hydrogen-bond donors (Lipinski definition) is 2. The Morgan fingerprint density at radius 1 is 1.28 bits per heavy atom. The summed E-state index contributed by atoms with van der Waals surface area (Å²) in [5, 5.41) is 0. The summed E-state index contributed by atoms with van der Waals surface area (Å²) >= 11 is 0. The van der Waals surface area contributed by atoms with Gasteiger partial charge in [0.1, 0.15) is 0 Å². The maximum atomic E-state index is 11.2. The van der Waals surface area contributed by atoms with Crippen molar-refractivity contribution < 1.29 is 9.63 Å². The Kier molecular flexibility index (Phi) is 4.69. The van der Waals surface area contributed by atoms with Crippen LogP contribution in [0.1, 0.15) is 17.5 Å². The average molecular weight is 249 g/mol. The molecule has 0 fully saturated rings. The van der Waals surface area contributed by atoms with Crippen molar-refractivity contribution in [1.82, 2.24) is 10.5 Å². The molecule has 1 heterocycles. The number of nitrogens with two attached hydrogens (primary N) is 1. The molecule has 5 heteroatoms. The summed E-state index contributed by atoms with van der Waals surface area (Å²) in [6, 6.07) is 8.54. The first-order valence-electron chi connectivity index (χ1n) is 6.24. The molecule has 0 saturated carbocycles. The maximum Gasteiger partial charge on any atom is 0.327 e. The number of rotatable bonds is 4. The first kappa shape index (κ1) is 13.0. The van der Waals surface area contributed by atoms with Crippen LogP contribution < -0.4 is 11.4 Å². The zero-order valence-corrected chi connectivity index (χ0v) is 10.4.